The first-order chi connectivity index (χ1) is 16.3. The van der Waals surface area contributed by atoms with Crippen LogP contribution in [0.2, 0.25) is 0 Å². The maximum atomic E-state index is 6.63. The van der Waals surface area contributed by atoms with Gasteiger partial charge in [-0.1, -0.05) is 72.3 Å². The molecule has 2 aliphatic carbocycles. The Morgan fingerprint density at radius 1 is 0.848 bits per heavy atom. The van der Waals surface area contributed by atoms with Crippen molar-refractivity contribution in [1.82, 2.24) is 4.57 Å². The van der Waals surface area contributed by atoms with Gasteiger partial charge in [0.15, 0.2) is 0 Å². The third-order valence-corrected chi connectivity index (χ3v) is 7.59. The number of allylic oxidation sites excluding steroid dienone is 2. The van der Waals surface area contributed by atoms with Gasteiger partial charge in [-0.3, -0.25) is 0 Å². The highest BCUT2D eigenvalue weighted by molar-refractivity contribution is 5.99. The topological polar surface area (TPSA) is 14.2 Å². The first kappa shape index (κ1) is 19.0. The summed E-state index contributed by atoms with van der Waals surface area (Å²) in [6.07, 6.45) is 14.0. The van der Waals surface area contributed by atoms with E-state index in [-0.39, 0.29) is 6.10 Å². The zero-order chi connectivity index (χ0) is 21.9. The van der Waals surface area contributed by atoms with Crippen LogP contribution in [0.25, 0.3) is 33.8 Å². The average Bonchev–Trinajstić information content (AvgIpc) is 3.40. The van der Waals surface area contributed by atoms with E-state index in [4.69, 9.17) is 4.74 Å². The summed E-state index contributed by atoms with van der Waals surface area (Å²) in [4.78, 5) is 0. The normalized spacial score (nSPS) is 20.4. The van der Waals surface area contributed by atoms with E-state index in [9.17, 15) is 0 Å². The first-order valence-corrected chi connectivity index (χ1v) is 12.2. The van der Waals surface area contributed by atoms with Crippen LogP contribution in [0.1, 0.15) is 47.6 Å². The van der Waals surface area contributed by atoms with E-state index >= 15 is 0 Å². The number of aromatic nitrogens is 1. The molecule has 2 unspecified atom stereocenters. The highest BCUT2D eigenvalue weighted by atomic mass is 16.5. The van der Waals surface area contributed by atoms with Crippen molar-refractivity contribution in [3.63, 3.8) is 0 Å². The van der Waals surface area contributed by atoms with Crippen molar-refractivity contribution >= 4 is 17.0 Å². The maximum absolute atomic E-state index is 6.63. The van der Waals surface area contributed by atoms with E-state index in [0.29, 0.717) is 5.92 Å². The van der Waals surface area contributed by atoms with Crippen molar-refractivity contribution in [3.05, 3.63) is 101 Å². The molecule has 1 aliphatic heterocycles. The predicted molar refractivity (Wildman–Crippen MR) is 136 cm³/mol. The summed E-state index contributed by atoms with van der Waals surface area (Å²) in [6, 6.07) is 22.4. The second-order valence-corrected chi connectivity index (χ2v) is 9.62. The Hall–Kier alpha value is -3.52. The van der Waals surface area contributed by atoms with Crippen LogP contribution in [-0.4, -0.2) is 10.7 Å². The number of aryl methyl sites for hydroxylation is 1. The molecular weight excluding hydrogens is 402 g/mol. The maximum Gasteiger partial charge on any atom is 0.133 e. The van der Waals surface area contributed by atoms with Crippen molar-refractivity contribution in [2.24, 2.45) is 0 Å². The SMILES string of the molecule is Cc1ccc(-c2ccc(-n3c4c(c5c6c(ccc53)C3C=CCCC3O6)C=CCC4)cc2)cc1. The molecule has 2 atom stereocenters. The Balaban J connectivity index is 1.39. The second-order valence-electron chi connectivity index (χ2n) is 9.62. The molecule has 2 heterocycles. The molecule has 1 aromatic heterocycles. The fraction of sp³-hybridized carbons (Fsp3) is 0.226. The molecule has 0 radical (unpaired) electrons. The molecule has 0 bridgehead atoms. The number of hydrogen-bond donors (Lipinski definition) is 0. The van der Waals surface area contributed by atoms with Gasteiger partial charge in [0.1, 0.15) is 11.9 Å². The minimum absolute atomic E-state index is 0.288. The van der Waals surface area contributed by atoms with Crippen molar-refractivity contribution in [1.29, 1.82) is 0 Å². The molecule has 2 heteroatoms. The molecule has 3 aromatic carbocycles. The van der Waals surface area contributed by atoms with Gasteiger partial charge in [0.05, 0.1) is 5.52 Å². The zero-order valence-electron chi connectivity index (χ0n) is 18.9. The smallest absolute Gasteiger partial charge is 0.133 e. The average molecular weight is 430 g/mol. The van der Waals surface area contributed by atoms with Crippen LogP contribution < -0.4 is 4.74 Å². The summed E-state index contributed by atoms with van der Waals surface area (Å²) in [5.74, 6) is 1.52. The Bertz CT molecular complexity index is 1430. The summed E-state index contributed by atoms with van der Waals surface area (Å²) >= 11 is 0. The fourth-order valence-electron chi connectivity index (χ4n) is 5.92. The van der Waals surface area contributed by atoms with E-state index in [1.165, 1.54) is 50.1 Å². The number of nitrogens with zero attached hydrogens (tertiary/aromatic N) is 1. The number of benzene rings is 3. The van der Waals surface area contributed by atoms with Crippen LogP contribution in [0.3, 0.4) is 0 Å². The molecule has 0 saturated carbocycles. The number of ether oxygens (including phenoxy) is 1. The lowest BCUT2D eigenvalue weighted by Crippen LogP contribution is -2.19. The zero-order valence-corrected chi connectivity index (χ0v) is 18.9. The Morgan fingerprint density at radius 2 is 1.64 bits per heavy atom. The van der Waals surface area contributed by atoms with Crippen molar-refractivity contribution < 1.29 is 4.74 Å². The van der Waals surface area contributed by atoms with Gasteiger partial charge in [0, 0.05) is 33.8 Å². The highest BCUT2D eigenvalue weighted by Gasteiger charge is 2.36. The Labute approximate surface area is 194 Å². The molecule has 0 N–H and O–H groups in total. The van der Waals surface area contributed by atoms with Crippen LogP contribution in [-0.2, 0) is 6.42 Å². The largest absolute Gasteiger partial charge is 0.488 e. The summed E-state index contributed by atoms with van der Waals surface area (Å²) in [7, 11) is 0. The number of rotatable bonds is 2. The predicted octanol–water partition coefficient (Wildman–Crippen LogP) is 7.76. The molecule has 7 rings (SSSR count). The molecule has 0 amide bonds. The van der Waals surface area contributed by atoms with Crippen molar-refractivity contribution in [2.75, 3.05) is 0 Å². The van der Waals surface area contributed by atoms with Crippen LogP contribution in [0.4, 0.5) is 0 Å². The summed E-state index contributed by atoms with van der Waals surface area (Å²) in [5, 5.41) is 1.30. The van der Waals surface area contributed by atoms with Crippen molar-refractivity contribution in [2.45, 2.75) is 44.6 Å². The molecular formula is C31H27NO. The molecule has 162 valence electrons. The third kappa shape index (κ3) is 2.87. The quantitative estimate of drug-likeness (QED) is 0.297. The van der Waals surface area contributed by atoms with Gasteiger partial charge in [-0.15, -0.1) is 0 Å². The highest BCUT2D eigenvalue weighted by Crippen LogP contribution is 2.49. The second kappa shape index (κ2) is 7.25. The monoisotopic (exact) mass is 429 g/mol. The molecule has 0 spiro atoms. The van der Waals surface area contributed by atoms with Gasteiger partial charge < -0.3 is 9.30 Å². The van der Waals surface area contributed by atoms with Crippen LogP contribution in [0.5, 0.6) is 5.75 Å². The van der Waals surface area contributed by atoms with Gasteiger partial charge in [-0.05, 0) is 61.9 Å². The van der Waals surface area contributed by atoms with Crippen LogP contribution >= 0.6 is 0 Å². The summed E-state index contributed by atoms with van der Waals surface area (Å²) in [5.41, 5.74) is 10.4. The number of fused-ring (bicyclic) bond motifs is 7. The molecule has 2 nitrogen and oxygen atoms in total. The first-order valence-electron chi connectivity index (χ1n) is 12.2. The van der Waals surface area contributed by atoms with Crippen molar-refractivity contribution in [3.8, 4) is 22.6 Å². The summed E-state index contributed by atoms with van der Waals surface area (Å²) < 4.78 is 9.09. The molecule has 3 aliphatic rings. The molecule has 0 fully saturated rings. The van der Waals surface area contributed by atoms with Gasteiger partial charge >= 0.3 is 0 Å². The minimum Gasteiger partial charge on any atom is -0.488 e. The van der Waals surface area contributed by atoms with Gasteiger partial charge in [0.25, 0.3) is 0 Å². The standard InChI is InChI=1S/C31H27NO/c1-20-10-12-21(13-11-20)22-14-16-23(17-15-22)32-27-8-4-2-7-26(27)30-28(32)19-18-25-24-6-3-5-9-29(24)33-31(25)30/h2-3,6-7,10-19,24,29H,4-5,8-9H2,1H3. The molecule has 4 aromatic rings. The lowest BCUT2D eigenvalue weighted by molar-refractivity contribution is 0.206. The molecule has 33 heavy (non-hydrogen) atoms. The van der Waals surface area contributed by atoms with E-state index in [2.05, 4.69) is 96.5 Å². The lowest BCUT2D eigenvalue weighted by atomic mass is 9.88. The Kier molecular flexibility index (Phi) is 4.17. The van der Waals surface area contributed by atoms with Gasteiger partial charge in [0.2, 0.25) is 0 Å². The summed E-state index contributed by atoms with van der Waals surface area (Å²) in [6.45, 7) is 2.13. The van der Waals surface area contributed by atoms with E-state index in [1.54, 1.807) is 0 Å². The lowest BCUT2D eigenvalue weighted by Gasteiger charge is -2.18. The van der Waals surface area contributed by atoms with Gasteiger partial charge in [-0.25, -0.2) is 0 Å². The van der Waals surface area contributed by atoms with Crippen LogP contribution in [0.15, 0.2) is 78.9 Å². The third-order valence-electron chi connectivity index (χ3n) is 7.59. The molecule has 0 saturated heterocycles. The van der Waals surface area contributed by atoms with Gasteiger partial charge in [-0.2, -0.15) is 0 Å². The number of hydrogen-bond acceptors (Lipinski definition) is 1. The minimum atomic E-state index is 0.288. The van der Waals surface area contributed by atoms with Crippen LogP contribution in [0, 0.1) is 6.92 Å². The Morgan fingerprint density at radius 3 is 2.45 bits per heavy atom. The van der Waals surface area contributed by atoms with E-state index in [1.807, 2.05) is 0 Å². The van der Waals surface area contributed by atoms with E-state index < -0.39 is 0 Å². The van der Waals surface area contributed by atoms with E-state index in [0.717, 1.165) is 31.4 Å². The fourth-order valence-corrected chi connectivity index (χ4v) is 5.92.